The highest BCUT2D eigenvalue weighted by atomic mass is 16.7. The second-order valence-corrected chi connectivity index (χ2v) is 23.3. The monoisotopic (exact) mass is 1150 g/mol. The van der Waals surface area contributed by atoms with Crippen LogP contribution in [0.1, 0.15) is 170 Å². The first-order chi connectivity index (χ1) is 39.9. The Labute approximate surface area is 482 Å². The summed E-state index contributed by atoms with van der Waals surface area (Å²) in [5.41, 5.74) is -3.46. The van der Waals surface area contributed by atoms with Gasteiger partial charge in [-0.3, -0.25) is 28.8 Å². The number of benzene rings is 5. The quantitative estimate of drug-likeness (QED) is 0.0623. The van der Waals surface area contributed by atoms with Gasteiger partial charge in [-0.1, -0.05) is 55.5 Å². The number of carbonyl (C=O) groups is 6. The number of methoxy groups -OCH3 is 2. The number of phenols is 4. The maximum atomic E-state index is 14.1. The molecule has 0 bridgehead atoms. The Balaban J connectivity index is 0.718. The van der Waals surface area contributed by atoms with E-state index in [9.17, 15) is 64.5 Å². The molecule has 4 aliphatic carbocycles. The molecule has 2 fully saturated rings. The standard InChI is InChI=1S/C63H66N2O19/c1-26-52(36(68)18-42(81-26)83-40-22-62(5,28(3)66)20-34-46(40)60(76)50-48(56(34)72)54(70)32-10-8-12-38(79-6)44(32)58(50)74)64-24-30-14-16-31(17-15-30)25-65-53-27(2)82-43(19-37(53)69)84-41-23-63(78,29(4)67)21-35-47(41)61(77)51-49(57(35)73)55(71)33-11-9-13-39(80-7)45(33)59(51)75/h8-17,26-27,36-37,40-43,52-53,64-65,68-69,72-73,76-78H,18-25H2,1-7H3/t26-,27-,36-,37-,40+,41-,42-,43-,52+,53+,62-,63-/m0/s1. The molecule has 11 rings (SSSR count). The Bertz CT molecular complexity index is 3340. The van der Waals surface area contributed by atoms with E-state index < -0.39 is 154 Å². The van der Waals surface area contributed by atoms with Crippen molar-refractivity contribution in [2.75, 3.05) is 14.2 Å². The highest BCUT2D eigenvalue weighted by molar-refractivity contribution is 6.32. The molecule has 0 radical (unpaired) electrons. The molecule has 0 unspecified atom stereocenters. The summed E-state index contributed by atoms with van der Waals surface area (Å²) in [6.07, 6.45) is -9.03. The third-order valence-electron chi connectivity index (χ3n) is 18.0. The predicted molar refractivity (Wildman–Crippen MR) is 296 cm³/mol. The van der Waals surface area contributed by atoms with Crippen molar-refractivity contribution in [2.24, 2.45) is 5.41 Å². The molecular weight excluding hydrogens is 1090 g/mol. The van der Waals surface area contributed by atoms with Crippen molar-refractivity contribution in [2.45, 2.75) is 153 Å². The minimum Gasteiger partial charge on any atom is -0.507 e. The van der Waals surface area contributed by atoms with E-state index >= 15 is 0 Å². The highest BCUT2D eigenvalue weighted by Gasteiger charge is 2.52. The van der Waals surface area contributed by atoms with E-state index in [1.807, 2.05) is 24.3 Å². The number of hydrogen-bond donors (Lipinski definition) is 9. The van der Waals surface area contributed by atoms with Gasteiger partial charge in [-0.05, 0) is 63.8 Å². The van der Waals surface area contributed by atoms with Gasteiger partial charge in [-0.25, -0.2) is 0 Å². The molecule has 0 spiro atoms. The molecule has 5 aromatic carbocycles. The van der Waals surface area contributed by atoms with E-state index in [0.717, 1.165) is 11.1 Å². The van der Waals surface area contributed by atoms with Crippen LogP contribution in [0, 0.1) is 5.41 Å². The Morgan fingerprint density at radius 1 is 0.571 bits per heavy atom. The van der Waals surface area contributed by atoms with Gasteiger partial charge >= 0.3 is 0 Å². The van der Waals surface area contributed by atoms with Gasteiger partial charge < -0.3 is 74.8 Å². The van der Waals surface area contributed by atoms with Gasteiger partial charge in [0.15, 0.2) is 29.9 Å². The zero-order valence-corrected chi connectivity index (χ0v) is 47.2. The van der Waals surface area contributed by atoms with E-state index in [1.54, 1.807) is 26.8 Å². The van der Waals surface area contributed by atoms with Gasteiger partial charge in [0.1, 0.15) is 45.9 Å². The van der Waals surface area contributed by atoms with Crippen molar-refractivity contribution in [3.05, 3.63) is 139 Å². The van der Waals surface area contributed by atoms with Crippen LogP contribution >= 0.6 is 0 Å². The van der Waals surface area contributed by atoms with Crippen LogP contribution in [0.15, 0.2) is 60.7 Å². The number of ketones is 6. The fraction of sp³-hybridized carbons (Fsp3) is 0.429. The van der Waals surface area contributed by atoms with Crippen LogP contribution in [-0.2, 0) is 54.5 Å². The summed E-state index contributed by atoms with van der Waals surface area (Å²) in [5, 5.41) is 88.9. The molecule has 0 aromatic heterocycles. The molecule has 0 amide bonds. The van der Waals surface area contributed by atoms with Gasteiger partial charge in [-0.15, -0.1) is 0 Å². The van der Waals surface area contributed by atoms with Crippen LogP contribution in [0.5, 0.6) is 34.5 Å². The van der Waals surface area contributed by atoms with Gasteiger partial charge in [0, 0.05) is 77.6 Å². The van der Waals surface area contributed by atoms with Crippen molar-refractivity contribution in [1.82, 2.24) is 10.6 Å². The van der Waals surface area contributed by atoms with Crippen molar-refractivity contribution >= 4 is 34.7 Å². The third-order valence-corrected chi connectivity index (χ3v) is 18.0. The molecule has 9 N–H and O–H groups in total. The molecule has 5 aromatic rings. The van der Waals surface area contributed by atoms with Gasteiger partial charge in [-0.2, -0.15) is 0 Å². The molecule has 442 valence electrons. The number of aliphatic hydroxyl groups is 3. The summed E-state index contributed by atoms with van der Waals surface area (Å²) < 4.78 is 36.2. The fourth-order valence-corrected chi connectivity index (χ4v) is 13.3. The Morgan fingerprint density at radius 3 is 1.37 bits per heavy atom. The summed E-state index contributed by atoms with van der Waals surface area (Å²) in [5.74, 6) is -6.05. The number of rotatable bonds is 14. The summed E-state index contributed by atoms with van der Waals surface area (Å²) in [6.45, 7) is 8.43. The number of aromatic hydroxyl groups is 4. The zero-order valence-electron chi connectivity index (χ0n) is 47.2. The minimum absolute atomic E-state index is 0.00311. The highest BCUT2D eigenvalue weighted by Crippen LogP contribution is 2.56. The van der Waals surface area contributed by atoms with E-state index in [4.69, 9.17) is 28.4 Å². The first-order valence-electron chi connectivity index (χ1n) is 27.9. The molecule has 2 saturated heterocycles. The Kier molecular flexibility index (Phi) is 15.2. The second-order valence-electron chi connectivity index (χ2n) is 23.3. The van der Waals surface area contributed by atoms with Crippen LogP contribution in [0.3, 0.4) is 0 Å². The number of Topliss-reactive ketones (excluding diaryl/α,β-unsaturated/α-hetero) is 2. The van der Waals surface area contributed by atoms with Crippen molar-refractivity contribution in [3.8, 4) is 34.5 Å². The third kappa shape index (κ3) is 9.64. The topological polar surface area (TPSA) is 323 Å². The average molecular weight is 1160 g/mol. The number of carbonyl (C=O) groups excluding carboxylic acids is 6. The van der Waals surface area contributed by atoms with E-state index in [0.29, 0.717) is 13.1 Å². The molecule has 21 nitrogen and oxygen atoms in total. The molecular formula is C63H66N2O19. The number of hydrogen-bond acceptors (Lipinski definition) is 21. The number of phenolic OH excluding ortho intramolecular Hbond substituents is 4. The Morgan fingerprint density at radius 2 is 0.976 bits per heavy atom. The zero-order chi connectivity index (χ0) is 60.2. The van der Waals surface area contributed by atoms with E-state index in [-0.39, 0.29) is 93.0 Å². The van der Waals surface area contributed by atoms with Crippen LogP contribution in [0.2, 0.25) is 0 Å². The maximum absolute atomic E-state index is 14.1. The van der Waals surface area contributed by atoms with Crippen LogP contribution < -0.4 is 20.1 Å². The number of nitrogens with one attached hydrogen (secondary N) is 2. The lowest BCUT2D eigenvalue weighted by molar-refractivity contribution is -0.246. The normalized spacial score (nSPS) is 28.7. The summed E-state index contributed by atoms with van der Waals surface area (Å²) in [7, 11) is 2.68. The number of aliphatic hydroxyl groups excluding tert-OH is 2. The molecule has 0 saturated carbocycles. The molecule has 2 heterocycles. The SMILES string of the molecule is COc1cccc2c1C(=O)c1c(O)c3c(c(O)c1C2=O)C[C@@](O)(C(C)=O)C[C@@H]3O[C@H]1C[C@H](O)[C@H](NCc2ccc(CN[C@@H]3[C@H](C)O[C@@H](O[C@@H]4C[C@@](C)(C(C)=O)Cc5c(O)c6c(c(O)c54)C(=O)c4c(OC)cccc4C6=O)C[C@@H]3O)cc2)[C@H](C)O1. The lowest BCUT2D eigenvalue weighted by Gasteiger charge is -2.43. The largest absolute Gasteiger partial charge is 0.507 e. The van der Waals surface area contributed by atoms with E-state index in [1.165, 1.54) is 58.4 Å². The molecule has 2 aliphatic heterocycles. The Hall–Kier alpha value is -7.44. The summed E-state index contributed by atoms with van der Waals surface area (Å²) in [4.78, 5) is 82.2. The summed E-state index contributed by atoms with van der Waals surface area (Å²) in [6, 6.07) is 15.4. The second kappa shape index (κ2) is 21.9. The molecule has 84 heavy (non-hydrogen) atoms. The van der Waals surface area contributed by atoms with Crippen LogP contribution in [0.25, 0.3) is 0 Å². The van der Waals surface area contributed by atoms with Crippen LogP contribution in [0.4, 0.5) is 0 Å². The lowest BCUT2D eigenvalue weighted by atomic mass is 9.67. The molecule has 21 heteroatoms. The van der Waals surface area contributed by atoms with Gasteiger partial charge in [0.05, 0.1) is 96.3 Å². The summed E-state index contributed by atoms with van der Waals surface area (Å²) >= 11 is 0. The van der Waals surface area contributed by atoms with Gasteiger partial charge in [0.25, 0.3) is 0 Å². The minimum atomic E-state index is -2.10. The van der Waals surface area contributed by atoms with Crippen LogP contribution in [-0.4, -0.2) is 139 Å². The smallest absolute Gasteiger partial charge is 0.202 e. The van der Waals surface area contributed by atoms with Crippen molar-refractivity contribution in [3.63, 3.8) is 0 Å². The number of fused-ring (bicyclic) bond motifs is 6. The maximum Gasteiger partial charge on any atom is 0.202 e. The average Bonchev–Trinajstić information content (AvgIpc) is 0.770. The molecule has 6 aliphatic rings. The fourth-order valence-electron chi connectivity index (χ4n) is 13.3. The number of ether oxygens (including phenoxy) is 6. The van der Waals surface area contributed by atoms with Gasteiger partial charge in [0.2, 0.25) is 11.6 Å². The molecule has 12 atom stereocenters. The van der Waals surface area contributed by atoms with E-state index in [2.05, 4.69) is 10.6 Å². The van der Waals surface area contributed by atoms with Crippen molar-refractivity contribution < 1.29 is 92.9 Å². The lowest BCUT2D eigenvalue weighted by Crippen LogP contribution is -2.55. The first kappa shape index (κ1) is 58.3. The predicted octanol–water partition coefficient (Wildman–Crippen LogP) is 5.31. The first-order valence-corrected chi connectivity index (χ1v) is 27.9. The van der Waals surface area contributed by atoms with Crippen molar-refractivity contribution in [1.29, 1.82) is 0 Å².